The van der Waals surface area contributed by atoms with Gasteiger partial charge in [-0.15, -0.1) is 0 Å². The molecule has 3 aliphatic rings. The molecule has 2 heterocycles. The molecule has 1 saturated heterocycles. The van der Waals surface area contributed by atoms with Crippen LogP contribution in [0.2, 0.25) is 10.0 Å². The summed E-state index contributed by atoms with van der Waals surface area (Å²) in [5, 5.41) is 10.3. The van der Waals surface area contributed by atoms with Crippen molar-refractivity contribution in [1.29, 1.82) is 0 Å². The minimum absolute atomic E-state index is 0.0314. The largest absolute Gasteiger partial charge is 0.493 e. The Morgan fingerprint density at radius 2 is 1.53 bits per heavy atom. The molecule has 1 aliphatic heterocycles. The maximum Gasteiger partial charge on any atom is 0.387 e. The Morgan fingerprint density at radius 1 is 0.882 bits per heavy atom. The number of carbonyl (C=O) groups excluding carboxylic acids is 2. The number of esters is 2. The molecular weight excluding hydrogens is 709 g/mol. The van der Waals surface area contributed by atoms with Crippen LogP contribution in [0.25, 0.3) is 0 Å². The van der Waals surface area contributed by atoms with Crippen LogP contribution >= 0.6 is 23.2 Å². The first-order valence-corrected chi connectivity index (χ1v) is 17.9. The molecule has 1 N–H and O–H groups in total. The van der Waals surface area contributed by atoms with Crippen molar-refractivity contribution >= 4 is 35.1 Å². The Bertz CT molecular complexity index is 1660. The molecule has 2 aromatic carbocycles. The fraction of sp³-hybridized carbons (Fsp3) is 0.486. The van der Waals surface area contributed by atoms with Crippen LogP contribution in [0.15, 0.2) is 48.8 Å². The highest BCUT2D eigenvalue weighted by Crippen LogP contribution is 2.38. The lowest BCUT2D eigenvalue weighted by atomic mass is 10.0. The van der Waals surface area contributed by atoms with Crippen molar-refractivity contribution in [3.63, 3.8) is 0 Å². The molecule has 0 bridgehead atoms. The van der Waals surface area contributed by atoms with Gasteiger partial charge in [-0.3, -0.25) is 14.7 Å². The van der Waals surface area contributed by atoms with Gasteiger partial charge in [0.15, 0.2) is 11.5 Å². The minimum atomic E-state index is -3.06. The summed E-state index contributed by atoms with van der Waals surface area (Å²) >= 11 is 12.9. The summed E-state index contributed by atoms with van der Waals surface area (Å²) in [7, 11) is 0. The molecule has 1 aromatic heterocycles. The van der Waals surface area contributed by atoms with Gasteiger partial charge in [-0.1, -0.05) is 29.3 Å². The van der Waals surface area contributed by atoms with Crippen LogP contribution in [0.5, 0.6) is 17.2 Å². The third-order valence-electron chi connectivity index (χ3n) is 9.08. The van der Waals surface area contributed by atoms with Gasteiger partial charge in [0.05, 0.1) is 41.5 Å². The number of aliphatic hydroxyl groups is 1. The summed E-state index contributed by atoms with van der Waals surface area (Å²) < 4.78 is 54.8. The van der Waals surface area contributed by atoms with E-state index in [-0.39, 0.29) is 52.8 Å². The van der Waals surface area contributed by atoms with E-state index in [4.69, 9.17) is 46.9 Å². The summed E-state index contributed by atoms with van der Waals surface area (Å²) in [6.45, 7) is -1.07. The number of rotatable bonds is 17. The van der Waals surface area contributed by atoms with Gasteiger partial charge in [0.2, 0.25) is 0 Å². The summed E-state index contributed by atoms with van der Waals surface area (Å²) in [5.74, 6) is 0.0992. The van der Waals surface area contributed by atoms with Crippen LogP contribution in [-0.2, 0) is 27.3 Å². The molecule has 0 unspecified atom stereocenters. The second-order valence-corrected chi connectivity index (χ2v) is 14.1. The molecule has 3 aromatic rings. The van der Waals surface area contributed by atoms with Crippen molar-refractivity contribution < 1.29 is 47.2 Å². The number of hydrogen-bond donors (Lipinski definition) is 1. The number of piperidine rings is 1. The molecule has 2 saturated carbocycles. The van der Waals surface area contributed by atoms with Crippen molar-refractivity contribution in [2.75, 3.05) is 32.8 Å². The number of pyridine rings is 1. The van der Waals surface area contributed by atoms with E-state index in [1.165, 1.54) is 30.6 Å². The van der Waals surface area contributed by atoms with Crippen LogP contribution in [0.4, 0.5) is 8.78 Å². The van der Waals surface area contributed by atoms with E-state index in [2.05, 4.69) is 4.98 Å². The number of hydrogen-bond acceptors (Lipinski definition) is 10. The highest BCUT2D eigenvalue weighted by molar-refractivity contribution is 6.35. The van der Waals surface area contributed by atoms with Crippen LogP contribution in [0, 0.1) is 11.8 Å². The Morgan fingerprint density at radius 3 is 2.18 bits per heavy atom. The average molecular weight is 750 g/mol. The van der Waals surface area contributed by atoms with Gasteiger partial charge in [0.1, 0.15) is 18.5 Å². The first-order chi connectivity index (χ1) is 24.6. The molecule has 1 atom stereocenters. The van der Waals surface area contributed by atoms with Crippen molar-refractivity contribution in [1.82, 2.24) is 9.88 Å². The molecule has 2 aliphatic carbocycles. The lowest BCUT2D eigenvalue weighted by Gasteiger charge is -2.28. The number of carbonyl (C=O) groups is 2. The van der Waals surface area contributed by atoms with Crippen molar-refractivity contribution in [2.45, 2.75) is 70.4 Å². The highest BCUT2D eigenvalue weighted by Gasteiger charge is 2.28. The average Bonchev–Trinajstić information content (AvgIpc) is 4.04. The van der Waals surface area contributed by atoms with Gasteiger partial charge in [0, 0.05) is 37.5 Å². The van der Waals surface area contributed by atoms with E-state index in [0.29, 0.717) is 73.4 Å². The number of aromatic nitrogens is 1. The van der Waals surface area contributed by atoms with E-state index in [1.807, 2.05) is 4.90 Å². The lowest BCUT2D eigenvalue weighted by molar-refractivity contribution is -0.146. The standard InChI is InChI=1S/C37H40Cl2F2N2O8/c38-29-16-42-17-30(39)28(29)15-33(24-5-8-32(51-37(40)41)34(14-24)48-20-23-3-4-23)50-36(46)25-6-7-31(47-19-22-1-2-22)26(13-25)21-49-35(45)18-43-11-9-27(44)10-12-43/h5-8,13-14,16-17,22-23,27,33,37,44H,1-4,9-12,15,18-21H2/t33-/m0/s1. The maximum absolute atomic E-state index is 13.8. The van der Waals surface area contributed by atoms with Gasteiger partial charge in [-0.25, -0.2) is 4.79 Å². The van der Waals surface area contributed by atoms with E-state index in [9.17, 15) is 23.5 Å². The summed E-state index contributed by atoms with van der Waals surface area (Å²) in [4.78, 5) is 32.5. The SMILES string of the molecule is O=C(CN1CCC(O)CC1)OCc1cc(C(=O)O[C@@H](Cc2c(Cl)cncc2Cl)c2ccc(OC(F)F)c(OCC3CC3)c2)ccc1OCC1CC1. The van der Waals surface area contributed by atoms with Crippen molar-refractivity contribution in [2.24, 2.45) is 11.8 Å². The Balaban J connectivity index is 1.23. The normalized spacial score (nSPS) is 17.2. The van der Waals surface area contributed by atoms with Gasteiger partial charge in [-0.2, -0.15) is 8.78 Å². The number of alkyl halides is 2. The lowest BCUT2D eigenvalue weighted by Crippen LogP contribution is -2.39. The summed E-state index contributed by atoms with van der Waals surface area (Å²) in [5.41, 5.74) is 1.57. The van der Waals surface area contributed by atoms with Gasteiger partial charge < -0.3 is 28.8 Å². The maximum atomic E-state index is 13.8. The Hall–Kier alpha value is -3.71. The van der Waals surface area contributed by atoms with Crippen LogP contribution in [0.3, 0.4) is 0 Å². The molecule has 274 valence electrons. The third-order valence-corrected chi connectivity index (χ3v) is 9.74. The zero-order valence-corrected chi connectivity index (χ0v) is 29.4. The zero-order chi connectivity index (χ0) is 35.9. The monoisotopic (exact) mass is 748 g/mol. The molecule has 0 amide bonds. The molecule has 6 rings (SSSR count). The third kappa shape index (κ3) is 10.9. The first-order valence-electron chi connectivity index (χ1n) is 17.1. The second kappa shape index (κ2) is 17.2. The predicted molar refractivity (Wildman–Crippen MR) is 184 cm³/mol. The van der Waals surface area contributed by atoms with Gasteiger partial charge >= 0.3 is 18.6 Å². The molecular formula is C37H40Cl2F2N2O8. The minimum Gasteiger partial charge on any atom is -0.493 e. The molecule has 0 spiro atoms. The smallest absolute Gasteiger partial charge is 0.387 e. The van der Waals surface area contributed by atoms with E-state index in [0.717, 1.165) is 25.7 Å². The van der Waals surface area contributed by atoms with E-state index in [1.54, 1.807) is 18.2 Å². The molecule has 14 heteroatoms. The Labute approximate surface area is 304 Å². The molecule has 0 radical (unpaired) electrons. The number of nitrogens with zero attached hydrogens (tertiary/aromatic N) is 2. The number of halogens is 4. The summed E-state index contributed by atoms with van der Waals surface area (Å²) in [6, 6.07) is 9.19. The van der Waals surface area contributed by atoms with E-state index < -0.39 is 24.7 Å². The molecule has 3 fully saturated rings. The van der Waals surface area contributed by atoms with Crippen LogP contribution in [-0.4, -0.2) is 72.5 Å². The van der Waals surface area contributed by atoms with Crippen LogP contribution in [0.1, 0.15) is 71.7 Å². The quantitative estimate of drug-likeness (QED) is 0.142. The molecule has 51 heavy (non-hydrogen) atoms. The number of benzene rings is 2. The van der Waals surface area contributed by atoms with E-state index >= 15 is 0 Å². The predicted octanol–water partition coefficient (Wildman–Crippen LogP) is 7.21. The van der Waals surface area contributed by atoms with Crippen LogP contribution < -0.4 is 14.2 Å². The van der Waals surface area contributed by atoms with Crippen molar-refractivity contribution in [3.05, 3.63) is 81.1 Å². The number of ether oxygens (including phenoxy) is 5. The van der Waals surface area contributed by atoms with Crippen molar-refractivity contribution in [3.8, 4) is 17.2 Å². The Kier molecular flexibility index (Phi) is 12.5. The van der Waals surface area contributed by atoms with Gasteiger partial charge in [-0.05, 0) is 91.8 Å². The number of likely N-dealkylation sites (tertiary alicyclic amines) is 1. The fourth-order valence-corrected chi connectivity index (χ4v) is 6.20. The highest BCUT2D eigenvalue weighted by atomic mass is 35.5. The first kappa shape index (κ1) is 37.1. The second-order valence-electron chi connectivity index (χ2n) is 13.3. The van der Waals surface area contributed by atoms with Gasteiger partial charge in [0.25, 0.3) is 0 Å². The molecule has 10 nitrogen and oxygen atoms in total. The number of aliphatic hydroxyl groups excluding tert-OH is 1. The fourth-order valence-electron chi connectivity index (χ4n) is 5.68. The topological polar surface area (TPSA) is 117 Å². The zero-order valence-electron chi connectivity index (χ0n) is 27.9. The summed E-state index contributed by atoms with van der Waals surface area (Å²) in [6.07, 6.45) is 6.85.